The summed E-state index contributed by atoms with van der Waals surface area (Å²) in [5, 5.41) is 7.28. The summed E-state index contributed by atoms with van der Waals surface area (Å²) in [4.78, 5) is 31.5. The summed E-state index contributed by atoms with van der Waals surface area (Å²) in [5.41, 5.74) is 4.02. The fourth-order valence-corrected chi connectivity index (χ4v) is 5.25. The smallest absolute Gasteiger partial charge is 0.252 e. The molecular weight excluding hydrogens is 526 g/mol. The number of amides is 1. The van der Waals surface area contributed by atoms with Crippen molar-refractivity contribution in [1.29, 1.82) is 0 Å². The van der Waals surface area contributed by atoms with Crippen LogP contribution in [0, 0.1) is 6.92 Å². The quantitative estimate of drug-likeness (QED) is 0.184. The molecule has 1 saturated carbocycles. The minimum Gasteiger partial charge on any atom is -0.497 e. The maximum absolute atomic E-state index is 13.3. The summed E-state index contributed by atoms with van der Waals surface area (Å²) in [5.74, 6) is 0.609. The molecule has 0 atom stereocenters. The van der Waals surface area contributed by atoms with E-state index in [1.807, 2.05) is 43.5 Å². The molecule has 0 saturated heterocycles. The van der Waals surface area contributed by atoms with Crippen LogP contribution in [0.1, 0.15) is 50.9 Å². The Kier molecular flexibility index (Phi) is 9.09. The lowest BCUT2D eigenvalue weighted by Crippen LogP contribution is -2.35. The summed E-state index contributed by atoms with van der Waals surface area (Å²) < 4.78 is 5.32. The number of benzene rings is 2. The van der Waals surface area contributed by atoms with Crippen molar-refractivity contribution < 1.29 is 14.3 Å². The van der Waals surface area contributed by atoms with Crippen LogP contribution in [-0.2, 0) is 5.54 Å². The van der Waals surface area contributed by atoms with Crippen LogP contribution in [0.3, 0.4) is 0 Å². The molecule has 0 radical (unpaired) electrons. The lowest BCUT2D eigenvalue weighted by Gasteiger charge is -2.22. The first-order chi connectivity index (χ1) is 18.9. The number of thiophene rings is 1. The Morgan fingerprint density at radius 1 is 1.10 bits per heavy atom. The number of nitrogens with zero attached hydrogens (tertiary/aromatic N) is 1. The Balaban J connectivity index is 0.000000530. The molecule has 3 heterocycles. The molecule has 1 aliphatic carbocycles. The monoisotopic (exact) mass is 559 g/mol. The molecule has 0 bridgehead atoms. The average molecular weight is 560 g/mol. The highest BCUT2D eigenvalue weighted by Crippen LogP contribution is 2.49. The number of fused-ring (bicyclic) bond motifs is 1. The topological polar surface area (TPSA) is 80.3 Å². The van der Waals surface area contributed by atoms with E-state index in [4.69, 9.17) is 4.74 Å². The second kappa shape index (κ2) is 12.5. The van der Waals surface area contributed by atoms with Crippen molar-refractivity contribution in [2.75, 3.05) is 19.9 Å². The third-order valence-electron chi connectivity index (χ3n) is 6.74. The summed E-state index contributed by atoms with van der Waals surface area (Å²) >= 11 is 5.01. The van der Waals surface area contributed by atoms with Gasteiger partial charge < -0.3 is 15.4 Å². The molecule has 6 rings (SSSR count). The van der Waals surface area contributed by atoms with Gasteiger partial charge in [-0.3, -0.25) is 14.6 Å². The van der Waals surface area contributed by atoms with Gasteiger partial charge in [-0.2, -0.15) is 12.6 Å². The molecule has 2 aliphatic rings. The fraction of sp³-hybridized carbons (Fsp3) is 0.258. The third-order valence-corrected chi connectivity index (χ3v) is 7.97. The number of aryl methyl sites for hydroxylation is 1. The number of aromatic nitrogens is 1. The van der Waals surface area contributed by atoms with E-state index in [-0.39, 0.29) is 11.7 Å². The van der Waals surface area contributed by atoms with Gasteiger partial charge in [0.15, 0.2) is 5.78 Å². The number of Topliss-reactive ketones (excluding diaryl/α,β-unsaturated/α-hetero) is 1. The van der Waals surface area contributed by atoms with Gasteiger partial charge in [0.25, 0.3) is 5.91 Å². The summed E-state index contributed by atoms with van der Waals surface area (Å²) in [7, 11) is 1.60. The van der Waals surface area contributed by atoms with Gasteiger partial charge in [0.1, 0.15) is 5.75 Å². The second-order valence-corrected chi connectivity index (χ2v) is 10.4. The molecule has 1 aliphatic heterocycles. The van der Waals surface area contributed by atoms with Crippen LogP contribution < -0.4 is 15.4 Å². The van der Waals surface area contributed by atoms with E-state index < -0.39 is 5.54 Å². The zero-order valence-corrected chi connectivity index (χ0v) is 24.3. The van der Waals surface area contributed by atoms with Gasteiger partial charge in [-0.25, -0.2) is 0 Å². The molecule has 0 spiro atoms. The molecule has 202 valence electrons. The average Bonchev–Trinajstić information content (AvgIpc) is 3.51. The van der Waals surface area contributed by atoms with Crippen LogP contribution in [0.5, 0.6) is 5.75 Å². The summed E-state index contributed by atoms with van der Waals surface area (Å²) in [6, 6.07) is 17.6. The Morgan fingerprint density at radius 3 is 2.41 bits per heavy atom. The van der Waals surface area contributed by atoms with Gasteiger partial charge in [-0.1, -0.05) is 12.1 Å². The molecular formula is C31H33N3O3S2. The normalized spacial score (nSPS) is 14.0. The standard InChI is InChI=1S/C27H24N2O3S.C3H5N.CH4S/c1-16-6-7-19(32-3)15-21(16)26(31)29-27(10-11-27)22-13-18(14-23-20(22)5-4-12-28-23)25-9-8-24(33-25)17(2)30;1-2-4-3-1;1-2/h4-9,12-15H,10-11H2,1-3H3,(H,29,31);1-2,4H,3H2;2H,1H3. The molecule has 4 aromatic rings. The van der Waals surface area contributed by atoms with Crippen molar-refractivity contribution in [3.8, 4) is 16.2 Å². The van der Waals surface area contributed by atoms with Crippen LogP contribution in [0.4, 0.5) is 0 Å². The number of rotatable bonds is 6. The van der Waals surface area contributed by atoms with E-state index in [1.165, 1.54) is 11.3 Å². The van der Waals surface area contributed by atoms with Crippen molar-refractivity contribution in [3.05, 3.63) is 94.6 Å². The van der Waals surface area contributed by atoms with Crippen LogP contribution >= 0.6 is 24.0 Å². The highest BCUT2D eigenvalue weighted by atomic mass is 32.1. The van der Waals surface area contributed by atoms with Crippen molar-refractivity contribution in [3.63, 3.8) is 0 Å². The first-order valence-corrected chi connectivity index (χ1v) is 14.4. The highest BCUT2D eigenvalue weighted by Gasteiger charge is 2.47. The maximum atomic E-state index is 13.3. The number of carbonyl (C=O) groups is 2. The van der Waals surface area contributed by atoms with Crippen LogP contribution in [0.2, 0.25) is 0 Å². The molecule has 1 amide bonds. The number of hydrogen-bond acceptors (Lipinski definition) is 7. The van der Waals surface area contributed by atoms with Crippen LogP contribution in [0.15, 0.2) is 73.1 Å². The number of ketones is 1. The molecule has 6 nitrogen and oxygen atoms in total. The van der Waals surface area contributed by atoms with E-state index in [9.17, 15) is 9.59 Å². The number of methoxy groups -OCH3 is 1. The summed E-state index contributed by atoms with van der Waals surface area (Å²) in [6.07, 6.45) is 9.19. The Labute approximate surface area is 238 Å². The predicted octanol–water partition coefficient (Wildman–Crippen LogP) is 6.55. The minimum absolute atomic E-state index is 0.0602. The number of pyridine rings is 1. The Hall–Kier alpha value is -3.62. The molecule has 39 heavy (non-hydrogen) atoms. The molecule has 8 heteroatoms. The number of carbonyl (C=O) groups excluding carboxylic acids is 2. The summed E-state index contributed by atoms with van der Waals surface area (Å²) in [6.45, 7) is 4.58. The zero-order chi connectivity index (χ0) is 28.0. The molecule has 2 aromatic heterocycles. The van der Waals surface area contributed by atoms with Gasteiger partial charge in [0.05, 0.1) is 23.0 Å². The van der Waals surface area contributed by atoms with E-state index in [0.717, 1.165) is 56.7 Å². The van der Waals surface area contributed by atoms with E-state index in [2.05, 4.69) is 52.5 Å². The Bertz CT molecular complexity index is 1520. The number of ether oxygens (including phenoxy) is 1. The molecule has 2 N–H and O–H groups in total. The van der Waals surface area contributed by atoms with Gasteiger partial charge >= 0.3 is 0 Å². The second-order valence-electron chi connectivity index (χ2n) is 9.34. The van der Waals surface area contributed by atoms with Crippen LogP contribution in [0.25, 0.3) is 21.3 Å². The number of thiol groups is 1. The van der Waals surface area contributed by atoms with Gasteiger partial charge in [-0.15, -0.1) is 11.3 Å². The SMILES string of the molecule is C1=CNC1.COc1ccc(C)c(C(=O)NC2(c3cc(-c4ccc(C(C)=O)s4)cc4ncccc34)CC2)c1.CS. The van der Waals surface area contributed by atoms with E-state index in [1.54, 1.807) is 32.6 Å². The van der Waals surface area contributed by atoms with E-state index >= 15 is 0 Å². The van der Waals surface area contributed by atoms with Gasteiger partial charge in [0, 0.05) is 28.6 Å². The zero-order valence-electron chi connectivity index (χ0n) is 22.6. The van der Waals surface area contributed by atoms with Crippen LogP contribution in [-0.4, -0.2) is 36.6 Å². The van der Waals surface area contributed by atoms with Gasteiger partial charge in [0.2, 0.25) is 0 Å². The first-order valence-electron chi connectivity index (χ1n) is 12.7. The lowest BCUT2D eigenvalue weighted by molar-refractivity contribution is 0.0929. The first kappa shape index (κ1) is 28.4. The largest absolute Gasteiger partial charge is 0.497 e. The third kappa shape index (κ3) is 6.34. The van der Waals surface area contributed by atoms with Crippen molar-refractivity contribution in [2.24, 2.45) is 0 Å². The lowest BCUT2D eigenvalue weighted by atomic mass is 9.95. The predicted molar refractivity (Wildman–Crippen MR) is 163 cm³/mol. The Morgan fingerprint density at radius 2 is 1.82 bits per heavy atom. The molecule has 2 aromatic carbocycles. The highest BCUT2D eigenvalue weighted by molar-refractivity contribution is 7.79. The van der Waals surface area contributed by atoms with Crippen molar-refractivity contribution in [2.45, 2.75) is 32.2 Å². The number of nitrogens with one attached hydrogen (secondary N) is 2. The molecule has 1 fully saturated rings. The van der Waals surface area contributed by atoms with E-state index in [0.29, 0.717) is 11.3 Å². The minimum atomic E-state index is -0.440. The number of hydrogen-bond donors (Lipinski definition) is 3. The van der Waals surface area contributed by atoms with Crippen molar-refractivity contribution >= 4 is 46.6 Å². The molecule has 0 unspecified atom stereocenters. The fourth-order valence-electron chi connectivity index (χ4n) is 4.36. The van der Waals surface area contributed by atoms with Gasteiger partial charge in [-0.05, 0) is 104 Å². The maximum Gasteiger partial charge on any atom is 0.252 e. The van der Waals surface area contributed by atoms with Crippen molar-refractivity contribution in [1.82, 2.24) is 15.6 Å².